The summed E-state index contributed by atoms with van der Waals surface area (Å²) in [5.74, 6) is 0. The zero-order valence-corrected chi connectivity index (χ0v) is 11.6. The minimum Gasteiger partial charge on any atom is -0.354 e. The summed E-state index contributed by atoms with van der Waals surface area (Å²) in [6, 6.07) is 4.69. The van der Waals surface area contributed by atoms with Crippen molar-refractivity contribution in [2.75, 3.05) is 5.32 Å². The summed E-state index contributed by atoms with van der Waals surface area (Å²) < 4.78 is 0. The first kappa shape index (κ1) is 11.6. The lowest BCUT2D eigenvalue weighted by Crippen LogP contribution is -2.04. The highest BCUT2D eigenvalue weighted by molar-refractivity contribution is 7.15. The van der Waals surface area contributed by atoms with Crippen LogP contribution in [0.5, 0.6) is 0 Å². The van der Waals surface area contributed by atoms with E-state index in [-0.39, 0.29) is 0 Å². The predicted molar refractivity (Wildman–Crippen MR) is 72.7 cm³/mol. The second-order valence-electron chi connectivity index (χ2n) is 3.98. The predicted octanol–water partition coefficient (Wildman–Crippen LogP) is 4.30. The highest BCUT2D eigenvalue weighted by Crippen LogP contribution is 2.28. The molecule has 0 saturated heterocycles. The number of thiazole rings is 1. The van der Waals surface area contributed by atoms with E-state index < -0.39 is 0 Å². The number of thiophene rings is 1. The van der Waals surface area contributed by atoms with Crippen molar-refractivity contribution in [1.29, 1.82) is 0 Å². The highest BCUT2D eigenvalue weighted by atomic mass is 32.1. The zero-order chi connectivity index (χ0) is 11.7. The Bertz CT molecular complexity index is 465. The molecule has 0 amide bonds. The van der Waals surface area contributed by atoms with Gasteiger partial charge in [0.05, 0.1) is 11.7 Å². The van der Waals surface area contributed by atoms with Crippen LogP contribution in [0.3, 0.4) is 0 Å². The third-order valence-electron chi connectivity index (χ3n) is 2.56. The average molecular weight is 252 g/mol. The lowest BCUT2D eigenvalue weighted by atomic mass is 10.3. The first-order chi connectivity index (χ1) is 7.56. The van der Waals surface area contributed by atoms with Crippen LogP contribution in [0.1, 0.15) is 33.3 Å². The molecule has 86 valence electrons. The molecule has 2 nitrogen and oxygen atoms in total. The van der Waals surface area contributed by atoms with Crippen molar-refractivity contribution in [3.63, 3.8) is 0 Å². The van der Waals surface area contributed by atoms with Crippen molar-refractivity contribution in [3.8, 4) is 0 Å². The van der Waals surface area contributed by atoms with E-state index in [0.717, 1.165) is 10.8 Å². The lowest BCUT2D eigenvalue weighted by Gasteiger charge is -2.10. The van der Waals surface area contributed by atoms with Gasteiger partial charge in [-0.05, 0) is 39.8 Å². The fraction of sp³-hybridized carbons (Fsp3) is 0.417. The van der Waals surface area contributed by atoms with Crippen molar-refractivity contribution in [2.24, 2.45) is 0 Å². The second kappa shape index (κ2) is 4.55. The van der Waals surface area contributed by atoms with Gasteiger partial charge in [0.1, 0.15) is 0 Å². The Balaban J connectivity index is 2.10. The van der Waals surface area contributed by atoms with Crippen LogP contribution >= 0.6 is 22.7 Å². The SMILES string of the molecule is Cc1ccc(C(C)Nc2nc(C)c(C)s2)s1. The molecule has 0 aliphatic carbocycles. The molecule has 2 aromatic rings. The summed E-state index contributed by atoms with van der Waals surface area (Å²) in [5, 5.41) is 4.47. The van der Waals surface area contributed by atoms with Gasteiger partial charge in [0.2, 0.25) is 0 Å². The second-order valence-corrected chi connectivity index (χ2v) is 6.50. The maximum Gasteiger partial charge on any atom is 0.183 e. The van der Waals surface area contributed by atoms with Crippen molar-refractivity contribution < 1.29 is 0 Å². The molecule has 1 unspecified atom stereocenters. The van der Waals surface area contributed by atoms with Crippen LogP contribution < -0.4 is 5.32 Å². The molecule has 0 spiro atoms. The molecule has 0 aliphatic heterocycles. The molecule has 1 atom stereocenters. The summed E-state index contributed by atoms with van der Waals surface area (Å²) in [7, 11) is 0. The number of nitrogens with zero attached hydrogens (tertiary/aromatic N) is 1. The molecular weight excluding hydrogens is 236 g/mol. The molecule has 0 bridgehead atoms. The number of hydrogen-bond donors (Lipinski definition) is 1. The number of nitrogens with one attached hydrogen (secondary N) is 1. The molecule has 16 heavy (non-hydrogen) atoms. The largest absolute Gasteiger partial charge is 0.354 e. The first-order valence-electron chi connectivity index (χ1n) is 5.33. The molecule has 0 saturated carbocycles. The highest BCUT2D eigenvalue weighted by Gasteiger charge is 2.10. The van der Waals surface area contributed by atoms with Crippen LogP contribution in [0.2, 0.25) is 0 Å². The summed E-state index contributed by atoms with van der Waals surface area (Å²) >= 11 is 3.57. The molecule has 1 N–H and O–H groups in total. The molecule has 2 aromatic heterocycles. The number of hydrogen-bond acceptors (Lipinski definition) is 4. The minimum atomic E-state index is 0.337. The molecule has 0 aromatic carbocycles. The number of aryl methyl sites for hydroxylation is 3. The summed E-state index contributed by atoms with van der Waals surface area (Å²) in [5.41, 5.74) is 1.13. The Labute approximate surface area is 104 Å². The van der Waals surface area contributed by atoms with Crippen LogP contribution in [-0.4, -0.2) is 4.98 Å². The monoisotopic (exact) mass is 252 g/mol. The van der Waals surface area contributed by atoms with E-state index in [1.165, 1.54) is 14.6 Å². The van der Waals surface area contributed by atoms with E-state index >= 15 is 0 Å². The van der Waals surface area contributed by atoms with Gasteiger partial charge in [-0.3, -0.25) is 0 Å². The zero-order valence-electron chi connectivity index (χ0n) is 10.00. The normalized spacial score (nSPS) is 12.8. The smallest absolute Gasteiger partial charge is 0.183 e. The van der Waals surface area contributed by atoms with Crippen molar-refractivity contribution in [1.82, 2.24) is 4.98 Å². The van der Waals surface area contributed by atoms with Crippen LogP contribution in [0.15, 0.2) is 12.1 Å². The van der Waals surface area contributed by atoms with Gasteiger partial charge in [-0.15, -0.1) is 22.7 Å². The van der Waals surface area contributed by atoms with E-state index in [9.17, 15) is 0 Å². The molecule has 0 aliphatic rings. The Hall–Kier alpha value is -0.870. The number of rotatable bonds is 3. The van der Waals surface area contributed by atoms with E-state index in [2.05, 4.69) is 50.1 Å². The van der Waals surface area contributed by atoms with Gasteiger partial charge in [-0.1, -0.05) is 0 Å². The standard InChI is InChI=1S/C12H16N2S2/c1-7-5-6-11(15-7)9(3)14-12-13-8(2)10(4)16-12/h5-6,9H,1-4H3,(H,13,14). The fourth-order valence-corrected chi connectivity index (χ4v) is 3.26. The van der Waals surface area contributed by atoms with Gasteiger partial charge < -0.3 is 5.32 Å². The van der Waals surface area contributed by atoms with Gasteiger partial charge >= 0.3 is 0 Å². The topological polar surface area (TPSA) is 24.9 Å². The van der Waals surface area contributed by atoms with Crippen LogP contribution in [0.25, 0.3) is 0 Å². The van der Waals surface area contributed by atoms with Gasteiger partial charge in [-0.25, -0.2) is 4.98 Å². The van der Waals surface area contributed by atoms with Crippen molar-refractivity contribution in [2.45, 2.75) is 33.7 Å². The van der Waals surface area contributed by atoms with Crippen LogP contribution in [0, 0.1) is 20.8 Å². The first-order valence-corrected chi connectivity index (χ1v) is 6.96. The van der Waals surface area contributed by atoms with Crippen molar-refractivity contribution in [3.05, 3.63) is 32.5 Å². The Kier molecular flexibility index (Phi) is 3.30. The van der Waals surface area contributed by atoms with Crippen LogP contribution in [-0.2, 0) is 0 Å². The van der Waals surface area contributed by atoms with E-state index in [1.54, 1.807) is 11.3 Å². The minimum absolute atomic E-state index is 0.337. The van der Waals surface area contributed by atoms with E-state index in [1.807, 2.05) is 11.3 Å². The third-order valence-corrected chi connectivity index (χ3v) is 4.74. The number of anilines is 1. The number of aromatic nitrogens is 1. The molecule has 4 heteroatoms. The van der Waals surface area contributed by atoms with Gasteiger partial charge in [0.25, 0.3) is 0 Å². The van der Waals surface area contributed by atoms with Crippen molar-refractivity contribution >= 4 is 27.8 Å². The summed E-state index contributed by atoms with van der Waals surface area (Å²) in [6.07, 6.45) is 0. The van der Waals surface area contributed by atoms with Gasteiger partial charge in [0.15, 0.2) is 5.13 Å². The van der Waals surface area contributed by atoms with E-state index in [4.69, 9.17) is 0 Å². The summed E-state index contributed by atoms with van der Waals surface area (Å²) in [4.78, 5) is 8.50. The van der Waals surface area contributed by atoms with Crippen LogP contribution in [0.4, 0.5) is 5.13 Å². The molecule has 0 radical (unpaired) electrons. The molecule has 2 rings (SSSR count). The third kappa shape index (κ3) is 2.44. The fourth-order valence-electron chi connectivity index (χ4n) is 1.48. The Morgan fingerprint density at radius 3 is 2.44 bits per heavy atom. The molecular formula is C12H16N2S2. The van der Waals surface area contributed by atoms with E-state index in [0.29, 0.717) is 6.04 Å². The maximum atomic E-state index is 4.49. The maximum absolute atomic E-state index is 4.49. The quantitative estimate of drug-likeness (QED) is 0.880. The van der Waals surface area contributed by atoms with Gasteiger partial charge in [0, 0.05) is 14.6 Å². The van der Waals surface area contributed by atoms with Gasteiger partial charge in [-0.2, -0.15) is 0 Å². The lowest BCUT2D eigenvalue weighted by molar-refractivity contribution is 0.903. The summed E-state index contributed by atoms with van der Waals surface area (Å²) in [6.45, 7) is 8.48. The Morgan fingerprint density at radius 2 is 1.94 bits per heavy atom. The molecule has 2 heterocycles. The Morgan fingerprint density at radius 1 is 1.19 bits per heavy atom. The average Bonchev–Trinajstić information content (AvgIpc) is 2.75. The molecule has 0 fully saturated rings.